The highest BCUT2D eigenvalue weighted by molar-refractivity contribution is 6.06. The van der Waals surface area contributed by atoms with Gasteiger partial charge in [-0.15, -0.1) is 0 Å². The SMILES string of the molecule is O=C1Nc2nccnc2NC12CC2. The van der Waals surface area contributed by atoms with Gasteiger partial charge in [-0.2, -0.15) is 0 Å². The smallest absolute Gasteiger partial charge is 0.251 e. The van der Waals surface area contributed by atoms with E-state index in [0.29, 0.717) is 11.6 Å². The van der Waals surface area contributed by atoms with Crippen LogP contribution in [0.3, 0.4) is 0 Å². The fourth-order valence-electron chi connectivity index (χ4n) is 1.51. The van der Waals surface area contributed by atoms with Crippen molar-refractivity contribution in [2.24, 2.45) is 0 Å². The van der Waals surface area contributed by atoms with Crippen molar-refractivity contribution >= 4 is 17.5 Å². The van der Waals surface area contributed by atoms with Gasteiger partial charge in [0.15, 0.2) is 11.6 Å². The van der Waals surface area contributed by atoms with Crippen LogP contribution < -0.4 is 10.6 Å². The van der Waals surface area contributed by atoms with Crippen molar-refractivity contribution in [3.05, 3.63) is 12.4 Å². The molecule has 0 radical (unpaired) electrons. The van der Waals surface area contributed by atoms with Gasteiger partial charge >= 0.3 is 0 Å². The highest BCUT2D eigenvalue weighted by Crippen LogP contribution is 2.43. The van der Waals surface area contributed by atoms with Crippen LogP contribution >= 0.6 is 0 Å². The van der Waals surface area contributed by atoms with Gasteiger partial charge in [-0.05, 0) is 12.8 Å². The van der Waals surface area contributed by atoms with Crippen LogP contribution in [0.1, 0.15) is 12.8 Å². The van der Waals surface area contributed by atoms with Crippen LogP contribution in [0.2, 0.25) is 0 Å². The normalized spacial score (nSPS) is 21.7. The highest BCUT2D eigenvalue weighted by atomic mass is 16.2. The number of amides is 1. The molecule has 1 spiro atoms. The topological polar surface area (TPSA) is 66.9 Å². The molecule has 1 aromatic rings. The van der Waals surface area contributed by atoms with Gasteiger partial charge in [0.25, 0.3) is 5.91 Å². The van der Waals surface area contributed by atoms with Crippen LogP contribution in [-0.2, 0) is 4.79 Å². The molecule has 66 valence electrons. The fourth-order valence-corrected chi connectivity index (χ4v) is 1.51. The van der Waals surface area contributed by atoms with E-state index in [0.717, 1.165) is 12.8 Å². The molecule has 1 aromatic heterocycles. The number of hydrogen-bond acceptors (Lipinski definition) is 4. The third kappa shape index (κ3) is 0.838. The molecular formula is C8H8N4O. The Kier molecular flexibility index (Phi) is 1.04. The molecule has 1 amide bonds. The molecule has 13 heavy (non-hydrogen) atoms. The van der Waals surface area contributed by atoms with Crippen molar-refractivity contribution in [2.75, 3.05) is 10.6 Å². The van der Waals surface area contributed by atoms with Crippen LogP contribution in [0.4, 0.5) is 11.6 Å². The molecular weight excluding hydrogens is 168 g/mol. The number of aromatic nitrogens is 2. The Hall–Kier alpha value is -1.65. The summed E-state index contributed by atoms with van der Waals surface area (Å²) in [5.41, 5.74) is -0.372. The standard InChI is InChI=1S/C8H8N4O/c13-7-8(1-2-8)12-6-5(11-7)9-3-4-10-6/h3-4H,1-2H2,(H,10,12)(H,9,11,13). The average Bonchev–Trinajstić information content (AvgIpc) is 2.88. The van der Waals surface area contributed by atoms with Gasteiger partial charge in [-0.25, -0.2) is 9.97 Å². The summed E-state index contributed by atoms with van der Waals surface area (Å²) >= 11 is 0. The quantitative estimate of drug-likeness (QED) is 0.599. The second-order valence-electron chi connectivity index (χ2n) is 3.41. The van der Waals surface area contributed by atoms with Gasteiger partial charge in [0.2, 0.25) is 0 Å². The average molecular weight is 176 g/mol. The summed E-state index contributed by atoms with van der Waals surface area (Å²) in [6.07, 6.45) is 4.94. The van der Waals surface area contributed by atoms with Gasteiger partial charge in [0.1, 0.15) is 5.54 Å². The second kappa shape index (κ2) is 1.99. The van der Waals surface area contributed by atoms with E-state index in [1.165, 1.54) is 0 Å². The number of anilines is 2. The molecule has 0 atom stereocenters. The first-order chi connectivity index (χ1) is 6.30. The minimum Gasteiger partial charge on any atom is -0.353 e. The molecule has 0 saturated heterocycles. The summed E-state index contributed by atoms with van der Waals surface area (Å²) in [5, 5.41) is 5.85. The Labute approximate surface area is 74.6 Å². The highest BCUT2D eigenvalue weighted by Gasteiger charge is 2.53. The lowest BCUT2D eigenvalue weighted by Gasteiger charge is -2.24. The van der Waals surface area contributed by atoms with E-state index in [-0.39, 0.29) is 11.4 Å². The number of rotatable bonds is 0. The number of fused-ring (bicyclic) bond motifs is 1. The van der Waals surface area contributed by atoms with E-state index in [2.05, 4.69) is 20.6 Å². The van der Waals surface area contributed by atoms with Crippen molar-refractivity contribution < 1.29 is 4.79 Å². The zero-order valence-corrected chi connectivity index (χ0v) is 6.87. The number of nitrogens with zero attached hydrogens (tertiary/aromatic N) is 2. The Balaban J connectivity index is 2.07. The molecule has 0 bridgehead atoms. The minimum absolute atomic E-state index is 0.0144. The largest absolute Gasteiger partial charge is 0.353 e. The number of carbonyl (C=O) groups is 1. The van der Waals surface area contributed by atoms with Gasteiger partial charge in [0.05, 0.1) is 0 Å². The molecule has 0 aromatic carbocycles. The second-order valence-corrected chi connectivity index (χ2v) is 3.41. The summed E-state index contributed by atoms with van der Waals surface area (Å²) < 4.78 is 0. The van der Waals surface area contributed by atoms with Gasteiger partial charge in [0, 0.05) is 12.4 Å². The Morgan fingerprint density at radius 1 is 1.23 bits per heavy atom. The first kappa shape index (κ1) is 6.82. The van der Waals surface area contributed by atoms with E-state index >= 15 is 0 Å². The maximum absolute atomic E-state index is 11.5. The third-order valence-corrected chi connectivity index (χ3v) is 2.47. The summed E-state index contributed by atoms with van der Waals surface area (Å²) in [6.45, 7) is 0. The van der Waals surface area contributed by atoms with E-state index in [1.807, 2.05) is 0 Å². The molecule has 1 aliphatic carbocycles. The van der Waals surface area contributed by atoms with Gasteiger partial charge in [-0.1, -0.05) is 0 Å². The van der Waals surface area contributed by atoms with Crippen molar-refractivity contribution in [2.45, 2.75) is 18.4 Å². The molecule has 0 unspecified atom stereocenters. The first-order valence-corrected chi connectivity index (χ1v) is 4.21. The van der Waals surface area contributed by atoms with Crippen molar-refractivity contribution in [3.63, 3.8) is 0 Å². The summed E-state index contributed by atoms with van der Waals surface area (Å²) in [4.78, 5) is 19.6. The van der Waals surface area contributed by atoms with Gasteiger partial charge < -0.3 is 10.6 Å². The van der Waals surface area contributed by atoms with Crippen molar-refractivity contribution in [1.82, 2.24) is 9.97 Å². The summed E-state index contributed by atoms with van der Waals surface area (Å²) in [5.74, 6) is 1.23. The van der Waals surface area contributed by atoms with Gasteiger partial charge in [-0.3, -0.25) is 4.79 Å². The predicted octanol–water partition coefficient (Wildman–Crippen LogP) is 0.373. The lowest BCUT2D eigenvalue weighted by Crippen LogP contribution is -2.41. The maximum Gasteiger partial charge on any atom is 0.251 e. The third-order valence-electron chi connectivity index (χ3n) is 2.47. The van der Waals surface area contributed by atoms with Crippen LogP contribution in [0.15, 0.2) is 12.4 Å². The Morgan fingerprint density at radius 2 is 1.92 bits per heavy atom. The molecule has 1 fully saturated rings. The molecule has 2 N–H and O–H groups in total. The van der Waals surface area contributed by atoms with Crippen LogP contribution in [0.5, 0.6) is 0 Å². The van der Waals surface area contributed by atoms with Crippen LogP contribution in [-0.4, -0.2) is 21.4 Å². The summed E-state index contributed by atoms with van der Waals surface area (Å²) in [7, 11) is 0. The van der Waals surface area contributed by atoms with E-state index in [4.69, 9.17) is 0 Å². The number of hydrogen-bond donors (Lipinski definition) is 2. The Morgan fingerprint density at radius 3 is 2.62 bits per heavy atom. The monoisotopic (exact) mass is 176 g/mol. The number of nitrogens with one attached hydrogen (secondary N) is 2. The lowest BCUT2D eigenvalue weighted by molar-refractivity contribution is -0.117. The zero-order chi connectivity index (χ0) is 8.89. The predicted molar refractivity (Wildman–Crippen MR) is 46.2 cm³/mol. The molecule has 5 heteroatoms. The van der Waals surface area contributed by atoms with E-state index < -0.39 is 0 Å². The van der Waals surface area contributed by atoms with E-state index in [9.17, 15) is 4.79 Å². The zero-order valence-electron chi connectivity index (χ0n) is 6.87. The first-order valence-electron chi connectivity index (χ1n) is 4.21. The lowest BCUT2D eigenvalue weighted by atomic mass is 10.2. The maximum atomic E-state index is 11.5. The van der Waals surface area contributed by atoms with Crippen molar-refractivity contribution in [3.8, 4) is 0 Å². The molecule has 5 nitrogen and oxygen atoms in total. The molecule has 3 rings (SSSR count). The van der Waals surface area contributed by atoms with E-state index in [1.54, 1.807) is 12.4 Å². The molecule has 2 aliphatic rings. The fraction of sp³-hybridized carbons (Fsp3) is 0.375. The van der Waals surface area contributed by atoms with Crippen LogP contribution in [0, 0.1) is 0 Å². The Bertz CT molecular complexity index is 385. The molecule has 2 heterocycles. The minimum atomic E-state index is -0.372. The van der Waals surface area contributed by atoms with Crippen molar-refractivity contribution in [1.29, 1.82) is 0 Å². The molecule has 1 aliphatic heterocycles. The summed E-state index contributed by atoms with van der Waals surface area (Å²) in [6, 6.07) is 0. The number of carbonyl (C=O) groups excluding carboxylic acids is 1. The van der Waals surface area contributed by atoms with Crippen LogP contribution in [0.25, 0.3) is 0 Å². The molecule has 1 saturated carbocycles.